The van der Waals surface area contributed by atoms with Crippen molar-refractivity contribution in [3.8, 4) is 11.5 Å². The molecule has 1 rings (SSSR count). The predicted octanol–water partition coefficient (Wildman–Crippen LogP) is 6.27. The van der Waals surface area contributed by atoms with Gasteiger partial charge in [0.1, 0.15) is 12.1 Å². The average molecular weight is 598 g/mol. The summed E-state index contributed by atoms with van der Waals surface area (Å²) < 4.78 is 31.0. The Kier molecular flexibility index (Phi) is 18.4. The number of unbranched alkanes of at least 4 members (excludes halogenated alkanes) is 4. The van der Waals surface area contributed by atoms with Gasteiger partial charge in [-0.05, 0) is 49.8 Å². The Morgan fingerprint density at radius 1 is 0.810 bits per heavy atom. The van der Waals surface area contributed by atoms with E-state index in [1.165, 1.54) is 12.1 Å². The minimum Gasteiger partial charge on any atom is -0.480 e. The van der Waals surface area contributed by atoms with Gasteiger partial charge in [0.15, 0.2) is 11.5 Å². The highest BCUT2D eigenvalue weighted by Crippen LogP contribution is 2.30. The Labute approximate surface area is 248 Å². The maximum absolute atomic E-state index is 12.3. The Hall–Kier alpha value is -3.54. The monoisotopic (exact) mass is 597 g/mol. The lowest BCUT2D eigenvalue weighted by Gasteiger charge is -2.19. The molecule has 0 heterocycles. The van der Waals surface area contributed by atoms with Gasteiger partial charge in [0.05, 0.1) is 19.8 Å². The molecule has 0 amide bonds. The topological polar surface area (TPSA) is 156 Å². The molecule has 1 aromatic rings. The van der Waals surface area contributed by atoms with Crippen molar-refractivity contribution in [3.05, 3.63) is 23.8 Å². The first-order valence-electron chi connectivity index (χ1n) is 14.7. The smallest absolute Gasteiger partial charge is 0.480 e. The Bertz CT molecular complexity index is 969. The molecule has 0 radical (unpaired) electrons. The van der Waals surface area contributed by atoms with Crippen molar-refractivity contribution in [2.75, 3.05) is 26.4 Å². The highest BCUT2D eigenvalue weighted by Gasteiger charge is 2.22. The summed E-state index contributed by atoms with van der Waals surface area (Å²) in [6.07, 6.45) is 2.46. The predicted molar refractivity (Wildman–Crippen MR) is 154 cm³/mol. The van der Waals surface area contributed by atoms with Crippen LogP contribution in [-0.2, 0) is 30.2 Å². The van der Waals surface area contributed by atoms with Crippen molar-refractivity contribution in [2.45, 2.75) is 98.1 Å². The number of carbonyl (C=O) groups excluding carboxylic acids is 3. The van der Waals surface area contributed by atoms with Gasteiger partial charge in [0, 0.05) is 6.54 Å². The van der Waals surface area contributed by atoms with E-state index in [2.05, 4.69) is 5.32 Å². The fourth-order valence-electron chi connectivity index (χ4n) is 3.46. The Morgan fingerprint density at radius 2 is 1.40 bits per heavy atom. The maximum Gasteiger partial charge on any atom is 0.513 e. The molecule has 0 aromatic heterocycles. The minimum absolute atomic E-state index is 0.0236. The molecule has 0 aliphatic rings. The summed E-state index contributed by atoms with van der Waals surface area (Å²) in [6, 6.07) is 3.26. The SMILES string of the molecule is CCCCCOC(=O)Oc1ccc(C[C@H](NCC(C)OC(=O)OCC(C)CC)C(=O)O)cc1OC(=O)OCCCCC. The van der Waals surface area contributed by atoms with Gasteiger partial charge in [-0.1, -0.05) is 65.9 Å². The van der Waals surface area contributed by atoms with Crippen molar-refractivity contribution < 1.29 is 52.7 Å². The van der Waals surface area contributed by atoms with Crippen LogP contribution in [0.5, 0.6) is 11.5 Å². The number of carboxylic acid groups (broad SMARTS) is 1. The molecule has 0 spiro atoms. The first-order valence-corrected chi connectivity index (χ1v) is 14.7. The van der Waals surface area contributed by atoms with Gasteiger partial charge in [-0.25, -0.2) is 14.4 Å². The minimum atomic E-state index is -1.14. The van der Waals surface area contributed by atoms with E-state index in [9.17, 15) is 24.3 Å². The van der Waals surface area contributed by atoms with E-state index in [1.807, 2.05) is 27.7 Å². The maximum atomic E-state index is 12.3. The molecule has 12 nitrogen and oxygen atoms in total. The van der Waals surface area contributed by atoms with Crippen molar-refractivity contribution >= 4 is 24.4 Å². The molecule has 42 heavy (non-hydrogen) atoms. The summed E-state index contributed by atoms with van der Waals surface area (Å²) >= 11 is 0. The Balaban J connectivity index is 2.89. The van der Waals surface area contributed by atoms with Crippen LogP contribution in [0.3, 0.4) is 0 Å². The quantitative estimate of drug-likeness (QED) is 0.0752. The van der Waals surface area contributed by atoms with Crippen molar-refractivity contribution in [3.63, 3.8) is 0 Å². The molecule has 12 heteroatoms. The second kappa shape index (κ2) is 21.2. The summed E-state index contributed by atoms with van der Waals surface area (Å²) in [5.74, 6) is -1.14. The van der Waals surface area contributed by atoms with E-state index >= 15 is 0 Å². The highest BCUT2D eigenvalue weighted by molar-refractivity contribution is 5.74. The van der Waals surface area contributed by atoms with Gasteiger partial charge in [-0.15, -0.1) is 0 Å². The first-order chi connectivity index (χ1) is 20.1. The van der Waals surface area contributed by atoms with E-state index in [0.29, 0.717) is 18.4 Å². The number of nitrogens with one attached hydrogen (secondary N) is 1. The fourth-order valence-corrected chi connectivity index (χ4v) is 3.46. The van der Waals surface area contributed by atoms with Gasteiger partial charge >= 0.3 is 24.4 Å². The lowest BCUT2D eigenvalue weighted by Crippen LogP contribution is -2.42. The normalized spacial score (nSPS) is 12.9. The van der Waals surface area contributed by atoms with Crippen LogP contribution in [0.2, 0.25) is 0 Å². The molecule has 2 N–H and O–H groups in total. The first kappa shape index (κ1) is 36.5. The zero-order chi connectivity index (χ0) is 31.3. The largest absolute Gasteiger partial charge is 0.513 e. The number of aliphatic carboxylic acids is 1. The number of rotatable bonds is 20. The van der Waals surface area contributed by atoms with Crippen molar-refractivity contribution in [1.29, 1.82) is 0 Å². The second-order valence-corrected chi connectivity index (χ2v) is 10.1. The van der Waals surface area contributed by atoms with Gasteiger partial charge in [-0.3, -0.25) is 4.79 Å². The molecule has 0 aliphatic heterocycles. The Morgan fingerprint density at radius 3 is 1.95 bits per heavy atom. The van der Waals surface area contributed by atoms with Crippen LogP contribution in [0.4, 0.5) is 14.4 Å². The zero-order valence-corrected chi connectivity index (χ0v) is 25.5. The van der Waals surface area contributed by atoms with Crippen LogP contribution in [0.25, 0.3) is 0 Å². The third-order valence-corrected chi connectivity index (χ3v) is 6.20. The van der Waals surface area contributed by atoms with E-state index in [4.69, 9.17) is 28.4 Å². The molecule has 0 fully saturated rings. The number of carboxylic acids is 1. The molecule has 238 valence electrons. The van der Waals surface area contributed by atoms with Crippen LogP contribution < -0.4 is 14.8 Å². The van der Waals surface area contributed by atoms with E-state index < -0.39 is 36.6 Å². The van der Waals surface area contributed by atoms with Gasteiger partial charge in [-0.2, -0.15) is 0 Å². The standard InChI is InChI=1S/C30H47NO11/c1-6-9-11-15-37-28(34)41-25-14-13-23(18-26(25)42-29(35)38-16-12-10-7-2)17-24(27(32)33)31-19-22(5)40-30(36)39-20-21(4)8-3/h13-14,18,21-22,24,31H,6-12,15-17,19-20H2,1-5H3,(H,32,33)/t21?,22?,24-/m0/s1. The van der Waals surface area contributed by atoms with Crippen LogP contribution >= 0.6 is 0 Å². The molecule has 0 saturated heterocycles. The number of carbonyl (C=O) groups is 4. The third kappa shape index (κ3) is 16.0. The number of ether oxygens (including phenoxy) is 6. The molecule has 1 aromatic carbocycles. The number of benzene rings is 1. The van der Waals surface area contributed by atoms with E-state index in [1.54, 1.807) is 13.0 Å². The molecule has 3 atom stereocenters. The van der Waals surface area contributed by atoms with E-state index in [-0.39, 0.29) is 50.2 Å². The lowest BCUT2D eigenvalue weighted by atomic mass is 10.0. The summed E-state index contributed by atoms with van der Waals surface area (Å²) in [4.78, 5) is 48.3. The summed E-state index contributed by atoms with van der Waals surface area (Å²) in [7, 11) is 0. The van der Waals surface area contributed by atoms with Crippen LogP contribution in [-0.4, -0.2) is 68.1 Å². The van der Waals surface area contributed by atoms with Gasteiger partial charge < -0.3 is 38.8 Å². The van der Waals surface area contributed by atoms with Crippen LogP contribution in [0.15, 0.2) is 18.2 Å². The molecule has 0 aliphatic carbocycles. The van der Waals surface area contributed by atoms with Crippen LogP contribution in [0, 0.1) is 5.92 Å². The van der Waals surface area contributed by atoms with Crippen LogP contribution in [0.1, 0.15) is 85.1 Å². The average Bonchev–Trinajstić information content (AvgIpc) is 2.95. The number of hydrogen-bond donors (Lipinski definition) is 2. The molecular formula is C30H47NO11. The molecule has 0 saturated carbocycles. The zero-order valence-electron chi connectivity index (χ0n) is 25.5. The summed E-state index contributed by atoms with van der Waals surface area (Å²) in [5.41, 5.74) is 0.467. The summed E-state index contributed by atoms with van der Waals surface area (Å²) in [5, 5.41) is 12.6. The fraction of sp³-hybridized carbons (Fsp3) is 0.667. The van der Waals surface area contributed by atoms with Crippen molar-refractivity contribution in [1.82, 2.24) is 5.32 Å². The van der Waals surface area contributed by atoms with Gasteiger partial charge in [0.25, 0.3) is 0 Å². The second-order valence-electron chi connectivity index (χ2n) is 10.1. The van der Waals surface area contributed by atoms with Crippen molar-refractivity contribution in [2.24, 2.45) is 5.92 Å². The van der Waals surface area contributed by atoms with Gasteiger partial charge in [0.2, 0.25) is 0 Å². The van der Waals surface area contributed by atoms with E-state index in [0.717, 1.165) is 32.1 Å². The molecule has 2 unspecified atom stereocenters. The molecule has 0 bridgehead atoms. The lowest BCUT2D eigenvalue weighted by molar-refractivity contribution is -0.139. The summed E-state index contributed by atoms with van der Waals surface area (Å²) in [6.45, 7) is 10.2. The molecular weight excluding hydrogens is 550 g/mol. The third-order valence-electron chi connectivity index (χ3n) is 6.20. The number of hydrogen-bond acceptors (Lipinski definition) is 11. The highest BCUT2D eigenvalue weighted by atomic mass is 16.7.